The smallest absolute Gasteiger partial charge is 0.335 e. The topological polar surface area (TPSA) is 92.0 Å². The fourth-order valence-electron chi connectivity index (χ4n) is 3.10. The number of nitrogens with zero attached hydrogens (tertiary/aromatic N) is 2. The second-order valence-electron chi connectivity index (χ2n) is 5.62. The van der Waals surface area contributed by atoms with E-state index in [0.29, 0.717) is 37.3 Å². The van der Waals surface area contributed by atoms with Crippen LogP contribution in [0.5, 0.6) is 0 Å². The first-order valence-corrected chi connectivity index (χ1v) is 7.36. The molecule has 1 unspecified atom stereocenters. The average Bonchev–Trinajstić information content (AvgIpc) is 2.84. The number of aromatic nitrogens is 1. The largest absolute Gasteiger partial charge is 0.480 e. The van der Waals surface area contributed by atoms with Crippen LogP contribution in [0.4, 0.5) is 0 Å². The van der Waals surface area contributed by atoms with Gasteiger partial charge in [-0.2, -0.15) is 0 Å². The number of rotatable bonds is 4. The number of aromatic carboxylic acids is 1. The minimum absolute atomic E-state index is 0.149. The molecule has 2 heterocycles. The number of carbonyl (C=O) groups is 2. The lowest BCUT2D eigenvalue weighted by atomic mass is 10.0. The molecule has 23 heavy (non-hydrogen) atoms. The summed E-state index contributed by atoms with van der Waals surface area (Å²) in [6, 6.07) is 3.97. The summed E-state index contributed by atoms with van der Waals surface area (Å²) >= 11 is 0. The zero-order valence-corrected chi connectivity index (χ0v) is 12.7. The third-order valence-electron chi connectivity index (χ3n) is 4.21. The molecule has 7 heteroatoms. The third kappa shape index (κ3) is 2.80. The van der Waals surface area contributed by atoms with Gasteiger partial charge in [0.2, 0.25) is 0 Å². The van der Waals surface area contributed by atoms with Crippen LogP contribution in [0.3, 0.4) is 0 Å². The van der Waals surface area contributed by atoms with Crippen LogP contribution in [-0.4, -0.2) is 57.9 Å². The minimum Gasteiger partial charge on any atom is -0.480 e. The van der Waals surface area contributed by atoms with Gasteiger partial charge in [0, 0.05) is 42.8 Å². The van der Waals surface area contributed by atoms with E-state index in [4.69, 9.17) is 4.74 Å². The molecule has 122 valence electrons. The molecule has 1 aromatic heterocycles. The number of hydrogen-bond donors (Lipinski definition) is 2. The molecule has 1 fully saturated rings. The predicted molar refractivity (Wildman–Crippen MR) is 82.6 cm³/mol. The maximum atomic E-state index is 11.9. The number of hydrogen-bond acceptors (Lipinski definition) is 4. The summed E-state index contributed by atoms with van der Waals surface area (Å²) in [4.78, 5) is 24.9. The first-order valence-electron chi connectivity index (χ1n) is 7.36. The van der Waals surface area contributed by atoms with Crippen LogP contribution < -0.4 is 0 Å². The Morgan fingerprint density at radius 3 is 2.52 bits per heavy atom. The van der Waals surface area contributed by atoms with Crippen LogP contribution >= 0.6 is 0 Å². The van der Waals surface area contributed by atoms with E-state index in [1.54, 1.807) is 18.3 Å². The van der Waals surface area contributed by atoms with Crippen molar-refractivity contribution < 1.29 is 24.5 Å². The van der Waals surface area contributed by atoms with Gasteiger partial charge in [0.1, 0.15) is 6.04 Å². The van der Waals surface area contributed by atoms with Gasteiger partial charge in [-0.25, -0.2) is 4.79 Å². The monoisotopic (exact) mass is 318 g/mol. The van der Waals surface area contributed by atoms with Crippen molar-refractivity contribution in [3.63, 3.8) is 0 Å². The highest BCUT2D eigenvalue weighted by Gasteiger charge is 2.31. The first kappa shape index (κ1) is 15.5. The maximum Gasteiger partial charge on any atom is 0.335 e. The maximum absolute atomic E-state index is 11.9. The van der Waals surface area contributed by atoms with E-state index in [0.717, 1.165) is 5.52 Å². The summed E-state index contributed by atoms with van der Waals surface area (Å²) in [5.41, 5.74) is 1.57. The number of aryl methyl sites for hydroxylation is 1. The molecule has 0 spiro atoms. The molecule has 1 aliphatic rings. The Bertz CT molecular complexity index is 761. The van der Waals surface area contributed by atoms with Gasteiger partial charge in [-0.05, 0) is 18.2 Å². The predicted octanol–water partition coefficient (Wildman–Crippen LogP) is 1.33. The van der Waals surface area contributed by atoms with E-state index >= 15 is 0 Å². The van der Waals surface area contributed by atoms with Crippen molar-refractivity contribution in [2.45, 2.75) is 6.04 Å². The fraction of sp³-hybridized carbons (Fsp3) is 0.375. The Morgan fingerprint density at radius 1 is 1.22 bits per heavy atom. The van der Waals surface area contributed by atoms with Crippen molar-refractivity contribution in [2.24, 2.45) is 7.05 Å². The van der Waals surface area contributed by atoms with Gasteiger partial charge in [0.15, 0.2) is 0 Å². The van der Waals surface area contributed by atoms with E-state index < -0.39 is 18.0 Å². The fourth-order valence-corrected chi connectivity index (χ4v) is 3.10. The van der Waals surface area contributed by atoms with Crippen LogP contribution in [-0.2, 0) is 16.6 Å². The summed E-state index contributed by atoms with van der Waals surface area (Å²) < 4.78 is 7.12. The SMILES string of the molecule is Cn1cc(C(C(=O)O)N2CCOCC2)c2cc(C(=O)O)ccc21. The van der Waals surface area contributed by atoms with Gasteiger partial charge < -0.3 is 19.5 Å². The van der Waals surface area contributed by atoms with Crippen molar-refractivity contribution in [1.82, 2.24) is 9.47 Å². The lowest BCUT2D eigenvalue weighted by molar-refractivity contribution is -0.145. The Balaban J connectivity index is 2.13. The van der Waals surface area contributed by atoms with Crippen molar-refractivity contribution in [2.75, 3.05) is 26.3 Å². The normalized spacial score (nSPS) is 17.3. The molecule has 0 aliphatic carbocycles. The van der Waals surface area contributed by atoms with Crippen LogP contribution in [0, 0.1) is 0 Å². The lowest BCUT2D eigenvalue weighted by Gasteiger charge is -2.31. The summed E-state index contributed by atoms with van der Waals surface area (Å²) in [7, 11) is 1.82. The van der Waals surface area contributed by atoms with E-state index in [1.807, 2.05) is 16.5 Å². The summed E-state index contributed by atoms with van der Waals surface area (Å²) in [5.74, 6) is -1.97. The molecule has 3 rings (SSSR count). The number of carboxylic acid groups (broad SMARTS) is 2. The number of carboxylic acids is 2. The molecular formula is C16H18N2O5. The molecule has 1 atom stereocenters. The van der Waals surface area contributed by atoms with Gasteiger partial charge in [-0.15, -0.1) is 0 Å². The Hall–Kier alpha value is -2.38. The molecule has 1 saturated heterocycles. The summed E-state index contributed by atoms with van der Waals surface area (Å²) in [5, 5.41) is 19.6. The van der Waals surface area contributed by atoms with Crippen LogP contribution in [0.2, 0.25) is 0 Å². The van der Waals surface area contributed by atoms with Crippen LogP contribution in [0.25, 0.3) is 10.9 Å². The highest BCUT2D eigenvalue weighted by molar-refractivity contribution is 5.96. The third-order valence-corrected chi connectivity index (χ3v) is 4.21. The Kier molecular flexibility index (Phi) is 4.06. The highest BCUT2D eigenvalue weighted by Crippen LogP contribution is 2.31. The molecule has 0 amide bonds. The van der Waals surface area contributed by atoms with Crippen molar-refractivity contribution in [3.05, 3.63) is 35.5 Å². The highest BCUT2D eigenvalue weighted by atomic mass is 16.5. The number of morpholine rings is 1. The van der Waals surface area contributed by atoms with Crippen LogP contribution in [0.1, 0.15) is 22.0 Å². The molecule has 1 aliphatic heterocycles. The van der Waals surface area contributed by atoms with E-state index in [1.165, 1.54) is 6.07 Å². The van der Waals surface area contributed by atoms with Gasteiger partial charge in [0.25, 0.3) is 0 Å². The van der Waals surface area contributed by atoms with Crippen LogP contribution in [0.15, 0.2) is 24.4 Å². The molecule has 7 nitrogen and oxygen atoms in total. The molecule has 2 aromatic rings. The van der Waals surface area contributed by atoms with Crippen molar-refractivity contribution in [1.29, 1.82) is 0 Å². The molecule has 0 saturated carbocycles. The quantitative estimate of drug-likeness (QED) is 0.884. The van der Waals surface area contributed by atoms with Crippen molar-refractivity contribution in [3.8, 4) is 0 Å². The van der Waals surface area contributed by atoms with Gasteiger partial charge in [-0.1, -0.05) is 0 Å². The van der Waals surface area contributed by atoms with Gasteiger partial charge in [0.05, 0.1) is 18.8 Å². The number of fused-ring (bicyclic) bond motifs is 1. The standard InChI is InChI=1S/C16H18N2O5/c1-17-9-12(11-8-10(15(19)20)2-3-13(11)17)14(16(21)22)18-4-6-23-7-5-18/h2-3,8-9,14H,4-7H2,1H3,(H,19,20)(H,21,22). The van der Waals surface area contributed by atoms with Gasteiger partial charge in [-0.3, -0.25) is 9.69 Å². The van der Waals surface area contributed by atoms with E-state index in [9.17, 15) is 19.8 Å². The second kappa shape index (κ2) is 6.02. The molecule has 0 bridgehead atoms. The molecule has 0 radical (unpaired) electrons. The van der Waals surface area contributed by atoms with E-state index in [-0.39, 0.29) is 5.56 Å². The molecule has 1 aromatic carbocycles. The van der Waals surface area contributed by atoms with E-state index in [2.05, 4.69) is 0 Å². The summed E-state index contributed by atoms with van der Waals surface area (Å²) in [6.07, 6.45) is 1.77. The summed E-state index contributed by atoms with van der Waals surface area (Å²) in [6.45, 7) is 2.06. The Labute approximate surface area is 132 Å². The number of ether oxygens (including phenoxy) is 1. The first-order chi connectivity index (χ1) is 11.0. The number of aliphatic carboxylic acids is 1. The zero-order chi connectivity index (χ0) is 16.6. The molecular weight excluding hydrogens is 300 g/mol. The zero-order valence-electron chi connectivity index (χ0n) is 12.7. The minimum atomic E-state index is -1.03. The van der Waals surface area contributed by atoms with Gasteiger partial charge >= 0.3 is 11.9 Å². The lowest BCUT2D eigenvalue weighted by Crippen LogP contribution is -2.42. The average molecular weight is 318 g/mol. The second-order valence-corrected chi connectivity index (χ2v) is 5.62. The van der Waals surface area contributed by atoms with Crippen molar-refractivity contribution >= 4 is 22.8 Å². The Morgan fingerprint density at radius 2 is 1.91 bits per heavy atom. The number of benzene rings is 1. The molecule has 2 N–H and O–H groups in total.